The molecule has 0 spiro atoms. The summed E-state index contributed by atoms with van der Waals surface area (Å²) in [6, 6.07) is 8.42. The summed E-state index contributed by atoms with van der Waals surface area (Å²) in [6.45, 7) is 8.47. The number of nitrogens with zero attached hydrogens (tertiary/aromatic N) is 1. The fourth-order valence-electron chi connectivity index (χ4n) is 2.74. The van der Waals surface area contributed by atoms with Crippen molar-refractivity contribution in [3.8, 4) is 0 Å². The number of anilines is 1. The number of aryl methyl sites for hydroxylation is 1. The Labute approximate surface area is 146 Å². The van der Waals surface area contributed by atoms with E-state index in [1.165, 1.54) is 12.1 Å². The highest BCUT2D eigenvalue weighted by Crippen LogP contribution is 2.32. The van der Waals surface area contributed by atoms with Crippen LogP contribution >= 0.6 is 0 Å². The van der Waals surface area contributed by atoms with E-state index in [4.69, 9.17) is 0 Å². The van der Waals surface area contributed by atoms with Gasteiger partial charge in [-0.1, -0.05) is 45.9 Å². The first-order valence-corrected chi connectivity index (χ1v) is 8.52. The second-order valence-corrected chi connectivity index (χ2v) is 6.72. The molecule has 0 aliphatic carbocycles. The van der Waals surface area contributed by atoms with Gasteiger partial charge in [0.25, 0.3) is 11.1 Å². The Morgan fingerprint density at radius 1 is 1.04 bits per heavy atom. The first-order chi connectivity index (χ1) is 11.8. The molecule has 1 amide bonds. The zero-order valence-electron chi connectivity index (χ0n) is 15.1. The van der Waals surface area contributed by atoms with Crippen LogP contribution < -0.4 is 16.4 Å². The van der Waals surface area contributed by atoms with Crippen LogP contribution in [0.2, 0.25) is 0 Å². The van der Waals surface area contributed by atoms with Gasteiger partial charge >= 0.3 is 0 Å². The van der Waals surface area contributed by atoms with E-state index in [1.54, 1.807) is 0 Å². The zero-order chi connectivity index (χ0) is 18.6. The minimum absolute atomic E-state index is 0.101. The lowest BCUT2D eigenvalue weighted by Crippen LogP contribution is -2.29. The van der Waals surface area contributed by atoms with Gasteiger partial charge in [0.2, 0.25) is 5.91 Å². The number of amides is 1. The van der Waals surface area contributed by atoms with Crippen LogP contribution in [-0.4, -0.2) is 15.7 Å². The van der Waals surface area contributed by atoms with Gasteiger partial charge in [0.05, 0.1) is 6.54 Å². The molecule has 6 heteroatoms. The van der Waals surface area contributed by atoms with Crippen LogP contribution in [0.15, 0.2) is 39.9 Å². The van der Waals surface area contributed by atoms with Crippen molar-refractivity contribution < 1.29 is 4.79 Å². The minimum Gasteiger partial charge on any atom is -0.326 e. The predicted octanol–water partition coefficient (Wildman–Crippen LogP) is 2.81. The molecule has 1 aromatic heterocycles. The summed E-state index contributed by atoms with van der Waals surface area (Å²) in [5.74, 6) is 0.371. The van der Waals surface area contributed by atoms with E-state index in [0.29, 0.717) is 0 Å². The Balaban J connectivity index is 2.19. The summed E-state index contributed by atoms with van der Waals surface area (Å²) >= 11 is 0. The smallest absolute Gasteiger partial charge is 0.265 e. The SMILES string of the molecule is CC(C)c1cccc(C(C)C)c1NC(=O)CCn1[nH]c(=O)ccc1=O. The number of carbonyl (C=O) groups excluding carboxylic acids is 1. The molecule has 1 heterocycles. The summed E-state index contributed by atoms with van der Waals surface area (Å²) < 4.78 is 1.15. The molecular weight excluding hydrogens is 318 g/mol. The maximum Gasteiger partial charge on any atom is 0.265 e. The Kier molecular flexibility index (Phi) is 5.96. The molecule has 2 N–H and O–H groups in total. The number of hydrogen-bond donors (Lipinski definition) is 2. The molecule has 6 nitrogen and oxygen atoms in total. The second-order valence-electron chi connectivity index (χ2n) is 6.72. The lowest BCUT2D eigenvalue weighted by Gasteiger charge is -2.20. The first-order valence-electron chi connectivity index (χ1n) is 8.52. The summed E-state index contributed by atoms with van der Waals surface area (Å²) in [7, 11) is 0. The zero-order valence-corrected chi connectivity index (χ0v) is 15.1. The molecule has 0 saturated heterocycles. The van der Waals surface area contributed by atoms with Crippen molar-refractivity contribution in [2.75, 3.05) is 5.32 Å². The lowest BCUT2D eigenvalue weighted by atomic mass is 9.92. The second kappa shape index (κ2) is 7.96. The minimum atomic E-state index is -0.368. The fraction of sp³-hybridized carbons (Fsp3) is 0.421. The van der Waals surface area contributed by atoms with Crippen molar-refractivity contribution in [1.82, 2.24) is 9.78 Å². The molecule has 0 aliphatic rings. The highest BCUT2D eigenvalue weighted by Gasteiger charge is 2.16. The largest absolute Gasteiger partial charge is 0.326 e. The van der Waals surface area contributed by atoms with Crippen LogP contribution in [0.4, 0.5) is 5.69 Å². The number of aromatic nitrogens is 2. The summed E-state index contributed by atoms with van der Waals surface area (Å²) in [5.41, 5.74) is 2.33. The van der Waals surface area contributed by atoms with Gasteiger partial charge in [-0.25, -0.2) is 4.68 Å². The summed E-state index contributed by atoms with van der Waals surface area (Å²) in [4.78, 5) is 35.4. The van der Waals surface area contributed by atoms with Crippen LogP contribution in [0.5, 0.6) is 0 Å². The molecule has 0 saturated carbocycles. The highest BCUT2D eigenvalue weighted by molar-refractivity contribution is 5.92. The van der Waals surface area contributed by atoms with E-state index in [2.05, 4.69) is 38.1 Å². The monoisotopic (exact) mass is 343 g/mol. The number of para-hydroxylation sites is 1. The Morgan fingerprint density at radius 2 is 1.64 bits per heavy atom. The van der Waals surface area contributed by atoms with Crippen LogP contribution in [0.1, 0.15) is 57.1 Å². The lowest BCUT2D eigenvalue weighted by molar-refractivity contribution is -0.116. The molecule has 0 unspecified atom stereocenters. The normalized spacial score (nSPS) is 11.1. The van der Waals surface area contributed by atoms with E-state index in [1.807, 2.05) is 18.2 Å². The Morgan fingerprint density at radius 3 is 2.20 bits per heavy atom. The third-order valence-corrected chi connectivity index (χ3v) is 4.09. The average molecular weight is 343 g/mol. The van der Waals surface area contributed by atoms with Gasteiger partial charge in [0.15, 0.2) is 0 Å². The molecule has 0 atom stereocenters. The molecule has 0 fully saturated rings. The van der Waals surface area contributed by atoms with Gasteiger partial charge < -0.3 is 5.32 Å². The van der Waals surface area contributed by atoms with Gasteiger partial charge in [-0.15, -0.1) is 0 Å². The number of nitrogens with one attached hydrogen (secondary N) is 2. The third kappa shape index (κ3) is 4.68. The van der Waals surface area contributed by atoms with Gasteiger partial charge in [-0.2, -0.15) is 0 Å². The van der Waals surface area contributed by atoms with Gasteiger partial charge in [0, 0.05) is 24.2 Å². The standard InChI is InChI=1S/C19H25N3O3/c1-12(2)14-6-5-7-15(13(3)4)19(14)20-16(23)10-11-22-18(25)9-8-17(24)21-22/h5-9,12-13H,10-11H2,1-4H3,(H,20,23)(H,21,24). The van der Waals surface area contributed by atoms with Crippen molar-refractivity contribution in [2.24, 2.45) is 0 Å². The maximum atomic E-state index is 12.4. The van der Waals surface area contributed by atoms with E-state index < -0.39 is 0 Å². The van der Waals surface area contributed by atoms with Crippen molar-refractivity contribution in [3.05, 3.63) is 62.2 Å². The molecule has 2 aromatic rings. The third-order valence-electron chi connectivity index (χ3n) is 4.09. The topological polar surface area (TPSA) is 84.0 Å². The van der Waals surface area contributed by atoms with Crippen molar-refractivity contribution in [3.63, 3.8) is 0 Å². The molecule has 134 valence electrons. The van der Waals surface area contributed by atoms with E-state index in [9.17, 15) is 14.4 Å². The molecule has 25 heavy (non-hydrogen) atoms. The molecule has 0 bridgehead atoms. The average Bonchev–Trinajstić information content (AvgIpc) is 2.55. The van der Waals surface area contributed by atoms with Gasteiger partial charge in [-0.3, -0.25) is 19.5 Å². The number of hydrogen-bond acceptors (Lipinski definition) is 3. The Hall–Kier alpha value is -2.63. The number of H-pyrrole nitrogens is 1. The summed E-state index contributed by atoms with van der Waals surface area (Å²) in [6.07, 6.45) is 0.101. The van der Waals surface area contributed by atoms with Gasteiger partial charge in [-0.05, 0) is 23.0 Å². The molecule has 2 rings (SSSR count). The maximum absolute atomic E-state index is 12.4. The summed E-state index contributed by atoms with van der Waals surface area (Å²) in [5, 5.41) is 5.42. The highest BCUT2D eigenvalue weighted by atomic mass is 16.2. The van der Waals surface area contributed by atoms with Crippen LogP contribution in [0, 0.1) is 0 Å². The Bertz CT molecular complexity index is 836. The molecule has 0 aliphatic heterocycles. The molecule has 1 aromatic carbocycles. The number of rotatable bonds is 6. The van der Waals surface area contributed by atoms with Crippen LogP contribution in [0.3, 0.4) is 0 Å². The molecular formula is C19H25N3O3. The predicted molar refractivity (Wildman–Crippen MR) is 99.2 cm³/mol. The fourth-order valence-corrected chi connectivity index (χ4v) is 2.74. The van der Waals surface area contributed by atoms with E-state index in [-0.39, 0.29) is 41.8 Å². The van der Waals surface area contributed by atoms with Crippen LogP contribution in [0.25, 0.3) is 0 Å². The molecule has 0 radical (unpaired) electrons. The first kappa shape index (κ1) is 18.7. The quantitative estimate of drug-likeness (QED) is 0.846. The van der Waals surface area contributed by atoms with Crippen LogP contribution in [-0.2, 0) is 11.3 Å². The van der Waals surface area contributed by atoms with Crippen molar-refractivity contribution in [1.29, 1.82) is 0 Å². The number of carbonyl (C=O) groups is 1. The number of aromatic amines is 1. The number of benzene rings is 1. The van der Waals surface area contributed by atoms with Crippen molar-refractivity contribution in [2.45, 2.75) is 52.5 Å². The van der Waals surface area contributed by atoms with Gasteiger partial charge in [0.1, 0.15) is 0 Å². The van der Waals surface area contributed by atoms with E-state index in [0.717, 1.165) is 21.5 Å². The van der Waals surface area contributed by atoms with Crippen molar-refractivity contribution >= 4 is 11.6 Å². The van der Waals surface area contributed by atoms with E-state index >= 15 is 0 Å².